The van der Waals surface area contributed by atoms with Crippen LogP contribution < -0.4 is 5.32 Å². The molecular formula is C12H16N2OS. The molecule has 16 heavy (non-hydrogen) atoms. The molecule has 0 fully saturated rings. The number of fused-ring (bicyclic) bond motifs is 1. The van der Waals surface area contributed by atoms with E-state index in [0.717, 1.165) is 22.7 Å². The maximum Gasteiger partial charge on any atom is 0.192 e. The number of benzene rings is 1. The van der Waals surface area contributed by atoms with Gasteiger partial charge in [-0.15, -0.1) is 0 Å². The molecule has 3 nitrogen and oxygen atoms in total. The van der Waals surface area contributed by atoms with Gasteiger partial charge in [0.15, 0.2) is 11.5 Å². The Labute approximate surface area is 99.6 Å². The molecule has 0 aliphatic rings. The maximum absolute atomic E-state index is 5.46. The van der Waals surface area contributed by atoms with Crippen molar-refractivity contribution in [3.8, 4) is 0 Å². The van der Waals surface area contributed by atoms with Crippen molar-refractivity contribution in [2.75, 3.05) is 19.1 Å². The highest BCUT2D eigenvalue weighted by atomic mass is 32.2. The van der Waals surface area contributed by atoms with Gasteiger partial charge in [0.2, 0.25) is 0 Å². The van der Waals surface area contributed by atoms with E-state index < -0.39 is 0 Å². The first kappa shape index (κ1) is 11.5. The minimum atomic E-state index is 0.372. The summed E-state index contributed by atoms with van der Waals surface area (Å²) in [5.74, 6) is 1.77. The molecule has 0 spiro atoms. The van der Waals surface area contributed by atoms with Gasteiger partial charge in [0.05, 0.1) is 0 Å². The standard InChI is InChI=1S/C12H16N2OS/c1-8-14-10-6-9(4-5-12(10)15-8)11(13-2)7-16-3/h4-6,11,13H,7H2,1-3H3. The third-order valence-corrected chi connectivity index (χ3v) is 3.27. The second-order valence-corrected chi connectivity index (χ2v) is 4.67. The second kappa shape index (κ2) is 4.89. The van der Waals surface area contributed by atoms with Crippen LogP contribution in [0.2, 0.25) is 0 Å². The van der Waals surface area contributed by atoms with E-state index in [1.807, 2.05) is 31.8 Å². The summed E-state index contributed by atoms with van der Waals surface area (Å²) in [6, 6.07) is 6.57. The molecule has 0 radical (unpaired) electrons. The predicted octanol–water partition coefficient (Wildman–Crippen LogP) is 2.76. The third-order valence-electron chi connectivity index (χ3n) is 2.60. The summed E-state index contributed by atoms with van der Waals surface area (Å²) in [5.41, 5.74) is 3.06. The molecule has 0 saturated heterocycles. The van der Waals surface area contributed by atoms with Crippen LogP contribution in [-0.2, 0) is 0 Å². The van der Waals surface area contributed by atoms with E-state index in [1.165, 1.54) is 5.56 Å². The molecule has 1 heterocycles. The second-order valence-electron chi connectivity index (χ2n) is 3.76. The van der Waals surface area contributed by atoms with Gasteiger partial charge in [0.25, 0.3) is 0 Å². The number of aromatic nitrogens is 1. The molecule has 86 valence electrons. The topological polar surface area (TPSA) is 38.1 Å². The zero-order chi connectivity index (χ0) is 11.5. The van der Waals surface area contributed by atoms with Crippen LogP contribution in [0.4, 0.5) is 0 Å². The third kappa shape index (κ3) is 2.23. The summed E-state index contributed by atoms with van der Waals surface area (Å²) < 4.78 is 5.46. The summed E-state index contributed by atoms with van der Waals surface area (Å²) in [5, 5.41) is 3.31. The molecule has 1 N–H and O–H groups in total. The Morgan fingerprint density at radius 2 is 2.31 bits per heavy atom. The van der Waals surface area contributed by atoms with Crippen LogP contribution in [0.3, 0.4) is 0 Å². The lowest BCUT2D eigenvalue weighted by atomic mass is 10.1. The van der Waals surface area contributed by atoms with E-state index >= 15 is 0 Å². The van der Waals surface area contributed by atoms with E-state index in [9.17, 15) is 0 Å². The normalized spacial score (nSPS) is 13.2. The highest BCUT2D eigenvalue weighted by molar-refractivity contribution is 7.98. The summed E-state index contributed by atoms with van der Waals surface area (Å²) >= 11 is 1.83. The molecule has 0 aliphatic heterocycles. The lowest BCUT2D eigenvalue weighted by molar-refractivity contribution is 0.561. The van der Waals surface area contributed by atoms with E-state index in [-0.39, 0.29) is 0 Å². The Morgan fingerprint density at radius 3 is 3.00 bits per heavy atom. The monoisotopic (exact) mass is 236 g/mol. The van der Waals surface area contributed by atoms with Crippen molar-refractivity contribution >= 4 is 22.9 Å². The Balaban J connectivity index is 2.36. The molecule has 0 amide bonds. The molecule has 0 aliphatic carbocycles. The van der Waals surface area contributed by atoms with Gasteiger partial charge in [0.1, 0.15) is 5.52 Å². The Morgan fingerprint density at radius 1 is 1.50 bits per heavy atom. The van der Waals surface area contributed by atoms with Crippen molar-refractivity contribution in [1.29, 1.82) is 0 Å². The van der Waals surface area contributed by atoms with Crippen LogP contribution in [0.5, 0.6) is 0 Å². The summed E-state index contributed by atoms with van der Waals surface area (Å²) in [4.78, 5) is 4.35. The highest BCUT2D eigenvalue weighted by Gasteiger charge is 2.10. The van der Waals surface area contributed by atoms with Crippen LogP contribution in [0.15, 0.2) is 22.6 Å². The average Bonchev–Trinajstić information content (AvgIpc) is 2.64. The smallest absolute Gasteiger partial charge is 0.192 e. The van der Waals surface area contributed by atoms with Gasteiger partial charge in [-0.25, -0.2) is 4.98 Å². The van der Waals surface area contributed by atoms with Crippen molar-refractivity contribution in [3.05, 3.63) is 29.7 Å². The van der Waals surface area contributed by atoms with Crippen molar-refractivity contribution in [2.24, 2.45) is 0 Å². The van der Waals surface area contributed by atoms with Crippen LogP contribution in [0.25, 0.3) is 11.1 Å². The van der Waals surface area contributed by atoms with Crippen molar-refractivity contribution in [3.63, 3.8) is 0 Å². The fourth-order valence-corrected chi connectivity index (χ4v) is 2.48. The maximum atomic E-state index is 5.46. The van der Waals surface area contributed by atoms with Gasteiger partial charge in [-0.2, -0.15) is 11.8 Å². The number of hydrogen-bond acceptors (Lipinski definition) is 4. The van der Waals surface area contributed by atoms with Gasteiger partial charge in [-0.1, -0.05) is 6.07 Å². The minimum absolute atomic E-state index is 0.372. The first-order valence-corrected chi connectivity index (χ1v) is 6.67. The molecule has 2 aromatic rings. The molecule has 1 aromatic heterocycles. The quantitative estimate of drug-likeness (QED) is 0.886. The van der Waals surface area contributed by atoms with E-state index in [1.54, 1.807) is 0 Å². The lowest BCUT2D eigenvalue weighted by Gasteiger charge is -2.14. The van der Waals surface area contributed by atoms with E-state index in [0.29, 0.717) is 6.04 Å². The van der Waals surface area contributed by atoms with Gasteiger partial charge in [0, 0.05) is 18.7 Å². The van der Waals surface area contributed by atoms with Gasteiger partial charge in [-0.3, -0.25) is 0 Å². The summed E-state index contributed by atoms with van der Waals surface area (Å²) in [6.07, 6.45) is 2.11. The van der Waals surface area contributed by atoms with Crippen LogP contribution in [0, 0.1) is 6.92 Å². The SMILES string of the molecule is CNC(CSC)c1ccc2oc(C)nc2c1. The van der Waals surface area contributed by atoms with Crippen molar-refractivity contribution in [1.82, 2.24) is 10.3 Å². The van der Waals surface area contributed by atoms with Crippen molar-refractivity contribution in [2.45, 2.75) is 13.0 Å². The molecule has 2 rings (SSSR count). The summed E-state index contributed by atoms with van der Waals surface area (Å²) in [7, 11) is 1.99. The number of nitrogens with one attached hydrogen (secondary N) is 1. The number of hydrogen-bond donors (Lipinski definition) is 1. The number of nitrogens with zero attached hydrogens (tertiary/aromatic N) is 1. The molecule has 1 unspecified atom stereocenters. The molecule has 0 bridgehead atoms. The molecular weight excluding hydrogens is 220 g/mol. The van der Waals surface area contributed by atoms with E-state index in [4.69, 9.17) is 4.42 Å². The fourth-order valence-electron chi connectivity index (χ4n) is 1.79. The molecule has 0 saturated carbocycles. The summed E-state index contributed by atoms with van der Waals surface area (Å²) in [6.45, 7) is 1.87. The Kier molecular flexibility index (Phi) is 3.51. The minimum Gasteiger partial charge on any atom is -0.441 e. The number of oxazole rings is 1. The number of rotatable bonds is 4. The zero-order valence-corrected chi connectivity index (χ0v) is 10.6. The Bertz CT molecular complexity index is 481. The van der Waals surface area contributed by atoms with Gasteiger partial charge < -0.3 is 9.73 Å². The largest absolute Gasteiger partial charge is 0.441 e. The lowest BCUT2D eigenvalue weighted by Crippen LogP contribution is -2.18. The molecule has 1 aromatic carbocycles. The van der Waals surface area contributed by atoms with E-state index in [2.05, 4.69) is 28.7 Å². The van der Waals surface area contributed by atoms with Crippen LogP contribution in [-0.4, -0.2) is 24.0 Å². The fraction of sp³-hybridized carbons (Fsp3) is 0.417. The van der Waals surface area contributed by atoms with Gasteiger partial charge in [-0.05, 0) is 31.0 Å². The zero-order valence-electron chi connectivity index (χ0n) is 9.78. The molecule has 4 heteroatoms. The molecule has 1 atom stereocenters. The van der Waals surface area contributed by atoms with Gasteiger partial charge >= 0.3 is 0 Å². The number of thioether (sulfide) groups is 1. The van der Waals surface area contributed by atoms with Crippen molar-refractivity contribution < 1.29 is 4.42 Å². The first-order chi connectivity index (χ1) is 7.74. The first-order valence-electron chi connectivity index (χ1n) is 5.28. The van der Waals surface area contributed by atoms with Crippen LogP contribution >= 0.6 is 11.8 Å². The highest BCUT2D eigenvalue weighted by Crippen LogP contribution is 2.22. The number of aryl methyl sites for hydroxylation is 1. The average molecular weight is 236 g/mol. The predicted molar refractivity (Wildman–Crippen MR) is 68.9 cm³/mol. The Hall–Kier alpha value is -1.00. The van der Waals surface area contributed by atoms with Crippen LogP contribution in [0.1, 0.15) is 17.5 Å².